The fraction of sp³-hybridized carbons (Fsp3) is 0.800. The lowest BCUT2D eigenvalue weighted by Crippen LogP contribution is -2.35. The molecule has 0 saturated carbocycles. The molecular weight excluding hydrogens is 314 g/mol. The second-order valence-corrected chi connectivity index (χ2v) is 7.79. The molecule has 25 heavy (non-hydrogen) atoms. The van der Waals surface area contributed by atoms with Crippen LogP contribution < -0.4 is 5.32 Å². The zero-order valence-corrected chi connectivity index (χ0v) is 16.6. The zero-order valence-electron chi connectivity index (χ0n) is 16.6. The topological polar surface area (TPSA) is 67.0 Å². The minimum Gasteiger partial charge on any atom is -0.444 e. The molecule has 1 aromatic heterocycles. The molecule has 1 aromatic rings. The standard InChI is InChI=1S/C20H37N3O2/c1-5-6-7-8-9-10-11-12-13-14-17(18-21-15-16-22-18)23-19(24)25-20(2,3)4/h15-17H,5-14H2,1-4H3,(H,21,22)(H,23,24). The van der Waals surface area contributed by atoms with Crippen LogP contribution in [-0.2, 0) is 4.74 Å². The monoisotopic (exact) mass is 351 g/mol. The van der Waals surface area contributed by atoms with Crippen molar-refractivity contribution >= 4 is 6.09 Å². The van der Waals surface area contributed by atoms with Crippen LogP contribution in [0.2, 0.25) is 0 Å². The van der Waals surface area contributed by atoms with Crippen LogP contribution in [0.4, 0.5) is 4.79 Å². The fourth-order valence-electron chi connectivity index (χ4n) is 2.85. The Balaban J connectivity index is 2.27. The number of hydrogen-bond donors (Lipinski definition) is 2. The number of nitrogens with one attached hydrogen (secondary N) is 2. The molecule has 0 saturated heterocycles. The number of carbonyl (C=O) groups excluding carboxylic acids is 1. The molecule has 1 unspecified atom stereocenters. The SMILES string of the molecule is CCCCCCCCCCCC(NC(=O)OC(C)(C)C)c1ncc[nH]1. The van der Waals surface area contributed by atoms with Crippen LogP contribution in [0.1, 0.15) is 104 Å². The molecule has 5 heteroatoms. The normalized spacial score (nSPS) is 12.8. The first-order valence-electron chi connectivity index (χ1n) is 9.91. The van der Waals surface area contributed by atoms with Crippen LogP contribution in [-0.4, -0.2) is 21.7 Å². The summed E-state index contributed by atoms with van der Waals surface area (Å²) in [6.07, 6.45) is 15.6. The van der Waals surface area contributed by atoms with Gasteiger partial charge in [0.05, 0.1) is 6.04 Å². The molecule has 0 bridgehead atoms. The Hall–Kier alpha value is -1.52. The van der Waals surface area contributed by atoms with Crippen molar-refractivity contribution < 1.29 is 9.53 Å². The van der Waals surface area contributed by atoms with Gasteiger partial charge in [-0.3, -0.25) is 0 Å². The Morgan fingerprint density at radius 2 is 1.72 bits per heavy atom. The number of unbranched alkanes of at least 4 members (excludes halogenated alkanes) is 8. The minimum atomic E-state index is -0.491. The van der Waals surface area contributed by atoms with Crippen LogP contribution in [0.25, 0.3) is 0 Å². The third-order valence-corrected chi connectivity index (χ3v) is 4.14. The summed E-state index contributed by atoms with van der Waals surface area (Å²) in [5, 5.41) is 2.95. The maximum Gasteiger partial charge on any atom is 0.408 e. The van der Waals surface area contributed by atoms with E-state index in [9.17, 15) is 4.79 Å². The van der Waals surface area contributed by atoms with E-state index in [0.717, 1.165) is 18.7 Å². The van der Waals surface area contributed by atoms with Gasteiger partial charge in [-0.15, -0.1) is 0 Å². The van der Waals surface area contributed by atoms with Gasteiger partial charge in [-0.05, 0) is 27.2 Å². The molecule has 0 spiro atoms. The third-order valence-electron chi connectivity index (χ3n) is 4.14. The van der Waals surface area contributed by atoms with E-state index in [2.05, 4.69) is 22.2 Å². The van der Waals surface area contributed by atoms with E-state index in [4.69, 9.17) is 4.74 Å². The second kappa shape index (κ2) is 11.9. The molecule has 1 heterocycles. The van der Waals surface area contributed by atoms with Gasteiger partial charge in [-0.2, -0.15) is 0 Å². The smallest absolute Gasteiger partial charge is 0.408 e. The first-order chi connectivity index (χ1) is 11.9. The van der Waals surface area contributed by atoms with Crippen molar-refractivity contribution in [1.82, 2.24) is 15.3 Å². The van der Waals surface area contributed by atoms with Crippen molar-refractivity contribution in [3.8, 4) is 0 Å². The number of H-pyrrole nitrogens is 1. The predicted octanol–water partition coefficient (Wildman–Crippen LogP) is 5.90. The average Bonchev–Trinajstić information content (AvgIpc) is 3.04. The average molecular weight is 352 g/mol. The first kappa shape index (κ1) is 21.5. The molecule has 1 atom stereocenters. The number of alkyl carbamates (subject to hydrolysis) is 1. The highest BCUT2D eigenvalue weighted by Crippen LogP contribution is 2.19. The van der Waals surface area contributed by atoms with E-state index < -0.39 is 5.60 Å². The summed E-state index contributed by atoms with van der Waals surface area (Å²) in [5.41, 5.74) is -0.491. The van der Waals surface area contributed by atoms with Crippen molar-refractivity contribution in [1.29, 1.82) is 0 Å². The summed E-state index contributed by atoms with van der Waals surface area (Å²) in [6, 6.07) is -0.116. The summed E-state index contributed by atoms with van der Waals surface area (Å²) >= 11 is 0. The summed E-state index contributed by atoms with van der Waals surface area (Å²) in [7, 11) is 0. The highest BCUT2D eigenvalue weighted by molar-refractivity contribution is 5.68. The number of amides is 1. The molecule has 0 aromatic carbocycles. The fourth-order valence-corrected chi connectivity index (χ4v) is 2.85. The van der Waals surface area contributed by atoms with Crippen LogP contribution >= 0.6 is 0 Å². The van der Waals surface area contributed by atoms with Gasteiger partial charge in [0.25, 0.3) is 0 Å². The van der Waals surface area contributed by atoms with Crippen molar-refractivity contribution in [2.45, 2.75) is 104 Å². The van der Waals surface area contributed by atoms with Gasteiger partial charge in [-0.1, -0.05) is 64.7 Å². The van der Waals surface area contributed by atoms with Crippen molar-refractivity contribution in [3.63, 3.8) is 0 Å². The summed E-state index contributed by atoms with van der Waals surface area (Å²) in [6.45, 7) is 7.86. The van der Waals surface area contributed by atoms with E-state index in [1.165, 1.54) is 51.4 Å². The molecule has 2 N–H and O–H groups in total. The second-order valence-electron chi connectivity index (χ2n) is 7.79. The number of hydrogen-bond acceptors (Lipinski definition) is 3. The molecule has 1 amide bonds. The van der Waals surface area contributed by atoms with Crippen LogP contribution in [0.5, 0.6) is 0 Å². The molecule has 0 radical (unpaired) electrons. The van der Waals surface area contributed by atoms with Gasteiger partial charge in [0.1, 0.15) is 11.4 Å². The van der Waals surface area contributed by atoms with Crippen LogP contribution in [0.3, 0.4) is 0 Å². The summed E-state index contributed by atoms with van der Waals surface area (Å²) < 4.78 is 5.37. The minimum absolute atomic E-state index is 0.116. The maximum absolute atomic E-state index is 12.0. The highest BCUT2D eigenvalue weighted by atomic mass is 16.6. The van der Waals surface area contributed by atoms with Crippen LogP contribution in [0.15, 0.2) is 12.4 Å². The molecule has 0 aliphatic carbocycles. The van der Waals surface area contributed by atoms with Crippen molar-refractivity contribution in [2.24, 2.45) is 0 Å². The largest absolute Gasteiger partial charge is 0.444 e. The number of carbonyl (C=O) groups is 1. The molecule has 5 nitrogen and oxygen atoms in total. The third kappa shape index (κ3) is 10.8. The van der Waals surface area contributed by atoms with Gasteiger partial charge >= 0.3 is 6.09 Å². The molecule has 0 aliphatic heterocycles. The lowest BCUT2D eigenvalue weighted by Gasteiger charge is -2.23. The summed E-state index contributed by atoms with van der Waals surface area (Å²) in [4.78, 5) is 19.5. The van der Waals surface area contributed by atoms with E-state index in [-0.39, 0.29) is 12.1 Å². The molecular formula is C20H37N3O2. The Bertz CT molecular complexity index is 452. The van der Waals surface area contributed by atoms with Crippen molar-refractivity contribution in [3.05, 3.63) is 18.2 Å². The number of rotatable bonds is 12. The van der Waals surface area contributed by atoms with Crippen LogP contribution in [0, 0.1) is 0 Å². The Kier molecular flexibility index (Phi) is 10.3. The van der Waals surface area contributed by atoms with E-state index in [1.807, 2.05) is 20.8 Å². The molecule has 144 valence electrons. The summed E-state index contributed by atoms with van der Waals surface area (Å²) in [5.74, 6) is 0.797. The number of nitrogens with zero attached hydrogens (tertiary/aromatic N) is 1. The Morgan fingerprint density at radius 3 is 2.24 bits per heavy atom. The van der Waals surface area contributed by atoms with Gasteiger partial charge in [0.15, 0.2) is 0 Å². The maximum atomic E-state index is 12.0. The number of imidazole rings is 1. The molecule has 0 fully saturated rings. The van der Waals surface area contributed by atoms with E-state index >= 15 is 0 Å². The number of aromatic nitrogens is 2. The predicted molar refractivity (Wildman–Crippen MR) is 103 cm³/mol. The number of aromatic amines is 1. The van der Waals surface area contributed by atoms with Crippen molar-refractivity contribution in [2.75, 3.05) is 0 Å². The molecule has 1 rings (SSSR count). The number of ether oxygens (including phenoxy) is 1. The Labute approximate surface area is 153 Å². The Morgan fingerprint density at radius 1 is 1.12 bits per heavy atom. The lowest BCUT2D eigenvalue weighted by atomic mass is 10.0. The first-order valence-corrected chi connectivity index (χ1v) is 9.91. The molecule has 0 aliphatic rings. The van der Waals surface area contributed by atoms with Gasteiger partial charge < -0.3 is 15.0 Å². The highest BCUT2D eigenvalue weighted by Gasteiger charge is 2.21. The zero-order chi connectivity index (χ0) is 18.5. The van der Waals surface area contributed by atoms with E-state index in [1.54, 1.807) is 12.4 Å². The lowest BCUT2D eigenvalue weighted by molar-refractivity contribution is 0.0498. The van der Waals surface area contributed by atoms with Gasteiger partial charge in [0.2, 0.25) is 0 Å². The quantitative estimate of drug-likeness (QED) is 0.461. The van der Waals surface area contributed by atoms with Gasteiger partial charge in [-0.25, -0.2) is 9.78 Å². The van der Waals surface area contributed by atoms with E-state index in [0.29, 0.717) is 0 Å². The van der Waals surface area contributed by atoms with Gasteiger partial charge in [0, 0.05) is 12.4 Å².